The van der Waals surface area contributed by atoms with Crippen LogP contribution in [0.2, 0.25) is 0 Å². The van der Waals surface area contributed by atoms with Gasteiger partial charge in [0.25, 0.3) is 0 Å². The molecule has 0 aliphatic carbocycles. The van der Waals surface area contributed by atoms with Gasteiger partial charge in [-0.1, -0.05) is 127 Å². The lowest BCUT2D eigenvalue weighted by Gasteiger charge is -2.25. The third-order valence-electron chi connectivity index (χ3n) is 10.3. The van der Waals surface area contributed by atoms with Gasteiger partial charge in [-0.25, -0.2) is 0 Å². The molecule has 4 heteroatoms. The van der Waals surface area contributed by atoms with E-state index in [0.29, 0.717) is 0 Å². The Morgan fingerprint density at radius 1 is 0.440 bits per heavy atom. The van der Waals surface area contributed by atoms with Crippen LogP contribution in [0.25, 0.3) is 73.7 Å². The van der Waals surface area contributed by atoms with E-state index in [1.807, 2.05) is 22.7 Å². The molecular formula is C46H28N2S2. The summed E-state index contributed by atoms with van der Waals surface area (Å²) in [5, 5.41) is 15.5. The Morgan fingerprint density at radius 3 is 1.74 bits per heavy atom. The lowest BCUT2D eigenvalue weighted by molar-refractivity contribution is 0.835. The van der Waals surface area contributed by atoms with Crippen molar-refractivity contribution in [2.45, 2.75) is 6.17 Å². The molecule has 2 nitrogen and oxygen atoms in total. The van der Waals surface area contributed by atoms with Gasteiger partial charge in [-0.2, -0.15) is 0 Å². The zero-order chi connectivity index (χ0) is 32.8. The summed E-state index contributed by atoms with van der Waals surface area (Å²) in [4.78, 5) is 6.70. The molecular weight excluding hydrogens is 645 g/mol. The first-order valence-corrected chi connectivity index (χ1v) is 18.6. The molecule has 3 heterocycles. The summed E-state index contributed by atoms with van der Waals surface area (Å²) in [5.74, 6) is 0. The molecule has 0 spiro atoms. The van der Waals surface area contributed by atoms with Crippen molar-refractivity contribution in [3.8, 4) is 11.1 Å². The van der Waals surface area contributed by atoms with Crippen molar-refractivity contribution >= 4 is 96.6 Å². The molecule has 1 atom stereocenters. The van der Waals surface area contributed by atoms with Gasteiger partial charge >= 0.3 is 0 Å². The average molecular weight is 673 g/mol. The highest BCUT2D eigenvalue weighted by Gasteiger charge is 2.28. The smallest absolute Gasteiger partial charge is 0.145 e. The van der Waals surface area contributed by atoms with E-state index in [4.69, 9.17) is 4.99 Å². The summed E-state index contributed by atoms with van der Waals surface area (Å²) in [5.41, 5.74) is 6.99. The second-order valence-electron chi connectivity index (χ2n) is 13.1. The Kier molecular flexibility index (Phi) is 6.09. The Hall–Kier alpha value is -5.81. The molecule has 8 aromatic carbocycles. The first kappa shape index (κ1) is 28.1. The molecule has 0 radical (unpaired) electrons. The Balaban J connectivity index is 1.18. The number of fused-ring (bicyclic) bond motifs is 12. The van der Waals surface area contributed by atoms with Crippen LogP contribution in [0.3, 0.4) is 0 Å². The Labute approximate surface area is 296 Å². The van der Waals surface area contributed by atoms with Crippen LogP contribution in [0, 0.1) is 0 Å². The third kappa shape index (κ3) is 4.16. The molecule has 1 aliphatic rings. The largest absolute Gasteiger partial charge is 0.358 e. The monoisotopic (exact) mass is 672 g/mol. The number of nitrogens with zero attached hydrogens (tertiary/aromatic N) is 1. The van der Waals surface area contributed by atoms with Crippen molar-refractivity contribution in [3.63, 3.8) is 0 Å². The van der Waals surface area contributed by atoms with Crippen molar-refractivity contribution in [2.75, 3.05) is 5.32 Å². The second kappa shape index (κ2) is 10.8. The lowest BCUT2D eigenvalue weighted by Crippen LogP contribution is -2.19. The van der Waals surface area contributed by atoms with E-state index in [2.05, 4.69) is 163 Å². The number of benzene rings is 8. The highest BCUT2D eigenvalue weighted by atomic mass is 32.1. The van der Waals surface area contributed by atoms with E-state index in [1.54, 1.807) is 0 Å². The van der Waals surface area contributed by atoms with Crippen LogP contribution in [-0.4, -0.2) is 5.71 Å². The minimum Gasteiger partial charge on any atom is -0.358 e. The van der Waals surface area contributed by atoms with Crippen LogP contribution in [0.15, 0.2) is 163 Å². The molecule has 1 N–H and O–H groups in total. The second-order valence-corrected chi connectivity index (χ2v) is 15.2. The normalized spacial score (nSPS) is 14.5. The molecule has 2 aromatic heterocycles. The highest BCUT2D eigenvalue weighted by molar-refractivity contribution is 7.26. The fraction of sp³-hybridized carbons (Fsp3) is 0.0217. The van der Waals surface area contributed by atoms with Crippen molar-refractivity contribution in [1.82, 2.24) is 0 Å². The van der Waals surface area contributed by atoms with Crippen molar-refractivity contribution in [2.24, 2.45) is 4.99 Å². The van der Waals surface area contributed by atoms with Gasteiger partial charge < -0.3 is 5.32 Å². The summed E-state index contributed by atoms with van der Waals surface area (Å²) >= 11 is 3.69. The molecule has 11 rings (SSSR count). The summed E-state index contributed by atoms with van der Waals surface area (Å²) < 4.78 is 3.85. The Bertz CT molecular complexity index is 2990. The standard InChI is InChI=1S/C46H28N2S2/c1-2-12-27(13-3-1)43-45-44(36-19-9-11-21-40(36)50-45)48-46(47-43)29-25-37(42-35-18-8-10-20-39(35)49-41(42)26-29)28-22-23-34-32-16-5-4-14-30(32)31-15-6-7-17-33(31)38(34)24-28/h1-26,46,48H. The number of rotatable bonds is 3. The zero-order valence-electron chi connectivity index (χ0n) is 26.9. The van der Waals surface area contributed by atoms with Crippen molar-refractivity contribution < 1.29 is 0 Å². The van der Waals surface area contributed by atoms with Crippen LogP contribution >= 0.6 is 22.7 Å². The van der Waals surface area contributed by atoms with Gasteiger partial charge in [-0.3, -0.25) is 4.99 Å². The van der Waals surface area contributed by atoms with E-state index in [1.165, 1.54) is 84.3 Å². The fourth-order valence-electron chi connectivity index (χ4n) is 8.01. The van der Waals surface area contributed by atoms with E-state index >= 15 is 0 Å². The SMILES string of the molecule is c1ccc(C2=NC(c3cc(-c4ccc5c6ccccc6c6ccccc6c5c4)c4c(c3)sc3ccccc34)Nc3c2sc2ccccc32)cc1. The molecule has 0 saturated heterocycles. The maximum absolute atomic E-state index is 5.50. The molecule has 0 fully saturated rings. The topological polar surface area (TPSA) is 24.4 Å². The number of hydrogen-bond acceptors (Lipinski definition) is 4. The number of anilines is 1. The zero-order valence-corrected chi connectivity index (χ0v) is 28.5. The summed E-state index contributed by atoms with van der Waals surface area (Å²) in [7, 11) is 0. The van der Waals surface area contributed by atoms with Crippen LogP contribution in [-0.2, 0) is 0 Å². The van der Waals surface area contributed by atoms with Gasteiger partial charge in [-0.05, 0) is 79.3 Å². The maximum Gasteiger partial charge on any atom is 0.145 e. The van der Waals surface area contributed by atoms with Gasteiger partial charge in [-0.15, -0.1) is 22.7 Å². The van der Waals surface area contributed by atoms with Gasteiger partial charge in [0.15, 0.2) is 0 Å². The predicted molar refractivity (Wildman–Crippen MR) is 218 cm³/mol. The lowest BCUT2D eigenvalue weighted by atomic mass is 9.90. The third-order valence-corrected chi connectivity index (χ3v) is 12.6. The van der Waals surface area contributed by atoms with Gasteiger partial charge in [0, 0.05) is 35.8 Å². The number of hydrogen-bond donors (Lipinski definition) is 1. The minimum atomic E-state index is -0.241. The van der Waals surface area contributed by atoms with Gasteiger partial charge in [0.05, 0.1) is 16.3 Å². The minimum absolute atomic E-state index is 0.241. The first-order chi connectivity index (χ1) is 24.8. The van der Waals surface area contributed by atoms with Crippen molar-refractivity contribution in [3.05, 3.63) is 174 Å². The van der Waals surface area contributed by atoms with E-state index in [0.717, 1.165) is 16.8 Å². The van der Waals surface area contributed by atoms with Crippen LogP contribution < -0.4 is 5.32 Å². The maximum atomic E-state index is 5.50. The van der Waals surface area contributed by atoms with E-state index in [-0.39, 0.29) is 6.17 Å². The number of aliphatic imine (C=N–C) groups is 1. The molecule has 10 aromatic rings. The predicted octanol–water partition coefficient (Wildman–Crippen LogP) is 13.4. The first-order valence-electron chi connectivity index (χ1n) is 17.0. The quantitative estimate of drug-likeness (QED) is 0.186. The molecule has 1 unspecified atom stereocenters. The summed E-state index contributed by atoms with van der Waals surface area (Å²) in [6.45, 7) is 0. The van der Waals surface area contributed by atoms with Crippen LogP contribution in [0.1, 0.15) is 22.2 Å². The van der Waals surface area contributed by atoms with Crippen LogP contribution in [0.4, 0.5) is 5.69 Å². The van der Waals surface area contributed by atoms with Gasteiger partial charge in [0.1, 0.15) is 6.17 Å². The van der Waals surface area contributed by atoms with E-state index in [9.17, 15) is 0 Å². The average Bonchev–Trinajstić information content (AvgIpc) is 3.76. The molecule has 0 amide bonds. The van der Waals surface area contributed by atoms with Crippen molar-refractivity contribution in [1.29, 1.82) is 0 Å². The molecule has 1 aliphatic heterocycles. The molecule has 0 bridgehead atoms. The number of nitrogens with one attached hydrogen (secondary N) is 1. The molecule has 50 heavy (non-hydrogen) atoms. The Morgan fingerprint density at radius 2 is 1.02 bits per heavy atom. The molecule has 234 valence electrons. The summed E-state index contributed by atoms with van der Waals surface area (Å²) in [6, 6.07) is 57.7. The van der Waals surface area contributed by atoms with E-state index < -0.39 is 0 Å². The highest BCUT2D eigenvalue weighted by Crippen LogP contribution is 2.47. The molecule has 0 saturated carbocycles. The van der Waals surface area contributed by atoms with Gasteiger partial charge in [0.2, 0.25) is 0 Å². The number of thiophene rings is 2. The summed E-state index contributed by atoms with van der Waals surface area (Å²) in [6.07, 6.45) is -0.241. The van der Waals surface area contributed by atoms with Crippen LogP contribution in [0.5, 0.6) is 0 Å². The fourth-order valence-corrected chi connectivity index (χ4v) is 10.4.